The third kappa shape index (κ3) is 4.65. The maximum atomic E-state index is 13.4. The Morgan fingerprint density at radius 2 is 1.91 bits per heavy atom. The van der Waals surface area contributed by atoms with Crippen LogP contribution < -0.4 is 5.32 Å². The van der Waals surface area contributed by atoms with Crippen LogP contribution in [-0.2, 0) is 22.4 Å². The predicted octanol–water partition coefficient (Wildman–Crippen LogP) is 5.44. The lowest BCUT2D eigenvalue weighted by atomic mass is 9.68. The van der Waals surface area contributed by atoms with Crippen molar-refractivity contribution >= 4 is 28.5 Å². The molecule has 0 saturated heterocycles. The highest BCUT2D eigenvalue weighted by molar-refractivity contribution is 6.06. The summed E-state index contributed by atoms with van der Waals surface area (Å²) in [4.78, 5) is 30.7. The Morgan fingerprint density at radius 3 is 2.68 bits per heavy atom. The van der Waals surface area contributed by atoms with Crippen molar-refractivity contribution in [1.82, 2.24) is 4.98 Å². The standard InChI is InChI=1S/C28H29N3O3/c1-4-28(2,3)19-13-14-24-21(15-19)26(20-10-6-8-12-23(20)30-24)27(33)34-17-25(32)31-22-11-7-5-9-18(22)16-29/h5-12,19H,4,13-15,17H2,1-3H3,(H,31,32)/t19-/m1/s1. The maximum absolute atomic E-state index is 13.4. The summed E-state index contributed by atoms with van der Waals surface area (Å²) < 4.78 is 5.50. The van der Waals surface area contributed by atoms with Gasteiger partial charge in [-0.2, -0.15) is 5.26 Å². The second kappa shape index (κ2) is 9.64. The Bertz CT molecular complexity index is 1290. The van der Waals surface area contributed by atoms with Gasteiger partial charge in [-0.15, -0.1) is 0 Å². The van der Waals surface area contributed by atoms with Crippen LogP contribution in [0.1, 0.15) is 60.8 Å². The summed E-state index contributed by atoms with van der Waals surface area (Å²) in [6, 6.07) is 16.3. The first kappa shape index (κ1) is 23.4. The normalized spacial score (nSPS) is 15.3. The van der Waals surface area contributed by atoms with Gasteiger partial charge >= 0.3 is 5.97 Å². The third-order valence-corrected chi connectivity index (χ3v) is 7.14. The number of esters is 1. The van der Waals surface area contributed by atoms with E-state index in [1.54, 1.807) is 24.3 Å². The highest BCUT2D eigenvalue weighted by atomic mass is 16.5. The molecule has 1 aliphatic carbocycles. The molecule has 4 rings (SSSR count). The lowest BCUT2D eigenvalue weighted by molar-refractivity contribution is -0.119. The van der Waals surface area contributed by atoms with Crippen LogP contribution in [0.3, 0.4) is 0 Å². The largest absolute Gasteiger partial charge is 0.452 e. The summed E-state index contributed by atoms with van der Waals surface area (Å²) >= 11 is 0. The number of carbonyl (C=O) groups is 2. The second-order valence-electron chi connectivity index (χ2n) is 9.49. The van der Waals surface area contributed by atoms with Gasteiger partial charge < -0.3 is 10.1 Å². The quantitative estimate of drug-likeness (QED) is 0.500. The van der Waals surface area contributed by atoms with Crippen LogP contribution in [0, 0.1) is 22.7 Å². The average molecular weight is 456 g/mol. The highest BCUT2D eigenvalue weighted by Crippen LogP contribution is 2.41. The first-order chi connectivity index (χ1) is 16.3. The minimum absolute atomic E-state index is 0.151. The van der Waals surface area contributed by atoms with Gasteiger partial charge in [0.25, 0.3) is 5.91 Å². The summed E-state index contributed by atoms with van der Waals surface area (Å²) in [5.74, 6) is -0.577. The van der Waals surface area contributed by atoms with E-state index < -0.39 is 18.5 Å². The van der Waals surface area contributed by atoms with Gasteiger partial charge in [0.05, 0.1) is 22.3 Å². The van der Waals surface area contributed by atoms with E-state index >= 15 is 0 Å². The monoisotopic (exact) mass is 455 g/mol. The van der Waals surface area contributed by atoms with Crippen LogP contribution in [0.2, 0.25) is 0 Å². The van der Waals surface area contributed by atoms with Crippen molar-refractivity contribution in [3.63, 3.8) is 0 Å². The molecular formula is C28H29N3O3. The Morgan fingerprint density at radius 1 is 1.18 bits per heavy atom. The van der Waals surface area contributed by atoms with E-state index in [2.05, 4.69) is 26.1 Å². The molecule has 2 aromatic carbocycles. The van der Waals surface area contributed by atoms with Gasteiger partial charge in [-0.1, -0.05) is 57.5 Å². The lowest BCUT2D eigenvalue weighted by Gasteiger charge is -2.37. The number of hydrogen-bond acceptors (Lipinski definition) is 5. The first-order valence-corrected chi connectivity index (χ1v) is 11.7. The molecule has 6 heteroatoms. The summed E-state index contributed by atoms with van der Waals surface area (Å²) in [5, 5.41) is 12.6. The van der Waals surface area contributed by atoms with Gasteiger partial charge in [0.2, 0.25) is 0 Å². The molecule has 0 spiro atoms. The average Bonchev–Trinajstić information content (AvgIpc) is 2.85. The number of aromatic nitrogens is 1. The number of fused-ring (bicyclic) bond motifs is 2. The van der Waals surface area contributed by atoms with E-state index in [-0.39, 0.29) is 5.41 Å². The molecule has 1 aliphatic rings. The van der Waals surface area contributed by atoms with Crippen molar-refractivity contribution in [2.45, 2.75) is 46.5 Å². The van der Waals surface area contributed by atoms with Gasteiger partial charge in [-0.3, -0.25) is 9.78 Å². The van der Waals surface area contributed by atoms with Gasteiger partial charge in [0, 0.05) is 11.1 Å². The fourth-order valence-electron chi connectivity index (χ4n) is 4.66. The second-order valence-corrected chi connectivity index (χ2v) is 9.49. The number of nitrogens with zero attached hydrogens (tertiary/aromatic N) is 2. The summed E-state index contributed by atoms with van der Waals surface area (Å²) in [6.07, 6.45) is 3.67. The minimum atomic E-state index is -0.520. The Kier molecular flexibility index (Phi) is 6.65. The Hall–Kier alpha value is -3.72. The molecular weight excluding hydrogens is 426 g/mol. The number of nitrogens with one attached hydrogen (secondary N) is 1. The van der Waals surface area contributed by atoms with Crippen molar-refractivity contribution in [2.75, 3.05) is 11.9 Å². The van der Waals surface area contributed by atoms with E-state index in [0.717, 1.165) is 47.8 Å². The Labute approximate surface area is 200 Å². The molecule has 0 bridgehead atoms. The number of carbonyl (C=O) groups excluding carboxylic acids is 2. The van der Waals surface area contributed by atoms with E-state index in [0.29, 0.717) is 22.7 Å². The van der Waals surface area contributed by atoms with Crippen LogP contribution in [0.5, 0.6) is 0 Å². The number of pyridine rings is 1. The molecule has 0 aliphatic heterocycles. The zero-order valence-corrected chi connectivity index (χ0v) is 19.9. The van der Waals surface area contributed by atoms with Crippen molar-refractivity contribution < 1.29 is 14.3 Å². The number of aryl methyl sites for hydroxylation is 1. The summed E-state index contributed by atoms with van der Waals surface area (Å²) in [5.41, 5.74) is 4.05. The molecule has 1 amide bonds. The van der Waals surface area contributed by atoms with Crippen molar-refractivity contribution in [3.8, 4) is 6.07 Å². The molecule has 1 heterocycles. The van der Waals surface area contributed by atoms with Gasteiger partial charge in [0.1, 0.15) is 6.07 Å². The van der Waals surface area contributed by atoms with Crippen LogP contribution in [0.15, 0.2) is 48.5 Å². The van der Waals surface area contributed by atoms with E-state index in [4.69, 9.17) is 9.72 Å². The molecule has 1 aromatic heterocycles. The number of nitriles is 1. The number of amides is 1. The van der Waals surface area contributed by atoms with Crippen LogP contribution in [-0.4, -0.2) is 23.5 Å². The zero-order valence-electron chi connectivity index (χ0n) is 19.9. The molecule has 0 fully saturated rings. The number of benzene rings is 2. The number of anilines is 1. The van der Waals surface area contributed by atoms with Crippen LogP contribution in [0.25, 0.3) is 10.9 Å². The topological polar surface area (TPSA) is 92.1 Å². The maximum Gasteiger partial charge on any atom is 0.339 e. The number of rotatable bonds is 6. The third-order valence-electron chi connectivity index (χ3n) is 7.14. The molecule has 6 nitrogen and oxygen atoms in total. The number of para-hydroxylation sites is 2. The fourth-order valence-corrected chi connectivity index (χ4v) is 4.66. The molecule has 0 saturated carbocycles. The van der Waals surface area contributed by atoms with E-state index in [1.165, 1.54) is 0 Å². The smallest absolute Gasteiger partial charge is 0.339 e. The number of hydrogen-bond donors (Lipinski definition) is 1. The minimum Gasteiger partial charge on any atom is -0.452 e. The molecule has 3 aromatic rings. The SMILES string of the molecule is CCC(C)(C)[C@@H]1CCc2nc3ccccc3c(C(=O)OCC(=O)Nc3ccccc3C#N)c2C1. The summed E-state index contributed by atoms with van der Waals surface area (Å²) in [7, 11) is 0. The van der Waals surface area contributed by atoms with E-state index in [9.17, 15) is 14.9 Å². The molecule has 174 valence electrons. The van der Waals surface area contributed by atoms with Crippen molar-refractivity contribution in [3.05, 3.63) is 70.9 Å². The molecule has 0 radical (unpaired) electrons. The molecule has 1 N–H and O–H groups in total. The first-order valence-electron chi connectivity index (χ1n) is 11.7. The van der Waals surface area contributed by atoms with Gasteiger partial charge in [0.15, 0.2) is 6.61 Å². The molecule has 34 heavy (non-hydrogen) atoms. The van der Waals surface area contributed by atoms with Crippen molar-refractivity contribution in [1.29, 1.82) is 5.26 Å². The molecule has 0 unspecified atom stereocenters. The number of ether oxygens (including phenoxy) is 1. The zero-order chi connectivity index (χ0) is 24.3. The van der Waals surface area contributed by atoms with E-state index in [1.807, 2.05) is 30.3 Å². The molecule has 1 atom stereocenters. The van der Waals surface area contributed by atoms with Gasteiger partial charge in [-0.25, -0.2) is 4.79 Å². The summed E-state index contributed by atoms with van der Waals surface area (Å²) in [6.45, 7) is 6.32. The Balaban J connectivity index is 1.60. The fraction of sp³-hybridized carbons (Fsp3) is 0.357. The lowest BCUT2D eigenvalue weighted by Crippen LogP contribution is -2.31. The predicted molar refractivity (Wildman–Crippen MR) is 131 cm³/mol. The van der Waals surface area contributed by atoms with Crippen LogP contribution in [0.4, 0.5) is 5.69 Å². The van der Waals surface area contributed by atoms with Crippen LogP contribution >= 0.6 is 0 Å². The van der Waals surface area contributed by atoms with Gasteiger partial charge in [-0.05, 0) is 54.4 Å². The highest BCUT2D eigenvalue weighted by Gasteiger charge is 2.34. The van der Waals surface area contributed by atoms with Crippen molar-refractivity contribution in [2.24, 2.45) is 11.3 Å².